The van der Waals surface area contributed by atoms with E-state index < -0.39 is 6.04 Å². The van der Waals surface area contributed by atoms with E-state index >= 15 is 0 Å². The number of anilines is 1. The van der Waals surface area contributed by atoms with Crippen molar-refractivity contribution in [2.24, 2.45) is 0 Å². The van der Waals surface area contributed by atoms with Crippen molar-refractivity contribution in [1.29, 1.82) is 0 Å². The highest BCUT2D eigenvalue weighted by molar-refractivity contribution is 6.29. The Morgan fingerprint density at radius 2 is 1.97 bits per heavy atom. The molecule has 0 spiro atoms. The van der Waals surface area contributed by atoms with Crippen LogP contribution in [-0.2, 0) is 17.6 Å². The number of carbonyl (C=O) groups excluding carboxylic acids is 2. The second-order valence-corrected chi connectivity index (χ2v) is 10.2. The van der Waals surface area contributed by atoms with Gasteiger partial charge in [-0.1, -0.05) is 24.2 Å². The molecule has 1 atom stereocenters. The van der Waals surface area contributed by atoms with Crippen LogP contribution in [0, 0.1) is 0 Å². The van der Waals surface area contributed by atoms with Crippen LogP contribution in [0.1, 0.15) is 57.7 Å². The molecule has 1 aromatic carbocycles. The molecule has 10 heteroatoms. The van der Waals surface area contributed by atoms with Crippen LogP contribution in [0.4, 0.5) is 5.82 Å². The number of phenolic OH excluding ortho intramolecular Hbond substituents is 1. The van der Waals surface area contributed by atoms with Crippen molar-refractivity contribution in [2.75, 3.05) is 25.4 Å². The van der Waals surface area contributed by atoms with Gasteiger partial charge >= 0.3 is 0 Å². The number of phenols is 1. The molecule has 2 aliphatic heterocycles. The maximum Gasteiger partial charge on any atom is 0.258 e. The third-order valence-electron chi connectivity index (χ3n) is 7.55. The zero-order valence-electron chi connectivity index (χ0n) is 20.2. The van der Waals surface area contributed by atoms with Gasteiger partial charge in [-0.3, -0.25) is 9.59 Å². The maximum absolute atomic E-state index is 13.7. The van der Waals surface area contributed by atoms with Gasteiger partial charge in [0.05, 0.1) is 23.0 Å². The average Bonchev–Trinajstić information content (AvgIpc) is 3.69. The van der Waals surface area contributed by atoms with Crippen LogP contribution in [0.3, 0.4) is 0 Å². The molecular weight excluding hydrogens is 492 g/mol. The van der Waals surface area contributed by atoms with Gasteiger partial charge in [0.2, 0.25) is 5.91 Å². The van der Waals surface area contributed by atoms with Crippen LogP contribution >= 0.6 is 11.6 Å². The summed E-state index contributed by atoms with van der Waals surface area (Å²) in [7, 11) is 0. The molecule has 1 aliphatic carbocycles. The minimum Gasteiger partial charge on any atom is -0.506 e. The Kier molecular flexibility index (Phi) is 5.67. The molecule has 0 saturated heterocycles. The van der Waals surface area contributed by atoms with E-state index in [1.807, 2.05) is 16.8 Å². The van der Waals surface area contributed by atoms with Crippen LogP contribution in [0.25, 0.3) is 5.69 Å². The smallest absolute Gasteiger partial charge is 0.258 e. The third kappa shape index (κ3) is 4.03. The molecular formula is C27H27ClN6O3. The zero-order chi connectivity index (χ0) is 25.8. The number of benzene rings is 1. The van der Waals surface area contributed by atoms with Gasteiger partial charge in [0.15, 0.2) is 0 Å². The minimum atomic E-state index is -0.436. The van der Waals surface area contributed by atoms with Crippen LogP contribution < -0.4 is 5.73 Å². The molecule has 0 unspecified atom stereocenters. The molecule has 0 radical (unpaired) electrons. The highest BCUT2D eigenvalue weighted by Gasteiger charge is 2.40. The number of aromatic nitrogens is 3. The van der Waals surface area contributed by atoms with E-state index in [0.717, 1.165) is 35.4 Å². The molecule has 9 nitrogen and oxygen atoms in total. The standard InChI is InChI=1S/C27H27ClN6O3/c1-2-24(36)32-11-9-18-25-20(34(31-18)19-7-5-16(13-22(19)35)15-3-4-15)10-12-33(21(25)14-32)27(37)17-6-8-23(28)30-26(17)29/h2,5-8,13,15,21,35H,1,3-4,9-12,14H2,(H2,29,30)/t21-/m1/s1. The Hall–Kier alpha value is -3.85. The molecule has 3 N–H and O–H groups in total. The Morgan fingerprint density at radius 3 is 2.68 bits per heavy atom. The number of hydrogen-bond acceptors (Lipinski definition) is 6. The number of halogens is 1. The minimum absolute atomic E-state index is 0.0625. The topological polar surface area (TPSA) is 118 Å². The van der Waals surface area contributed by atoms with Crippen molar-refractivity contribution in [1.82, 2.24) is 24.6 Å². The van der Waals surface area contributed by atoms with Crippen molar-refractivity contribution in [2.45, 2.75) is 37.6 Å². The summed E-state index contributed by atoms with van der Waals surface area (Å²) in [5.41, 5.74) is 10.8. The number of carbonyl (C=O) groups is 2. The first-order valence-electron chi connectivity index (χ1n) is 12.4. The maximum atomic E-state index is 13.7. The Bertz CT molecular complexity index is 1450. The number of nitrogen functional groups attached to an aromatic ring is 1. The van der Waals surface area contributed by atoms with Gasteiger partial charge in [-0.25, -0.2) is 9.67 Å². The summed E-state index contributed by atoms with van der Waals surface area (Å²) in [5.74, 6) is 0.309. The highest BCUT2D eigenvalue weighted by atomic mass is 35.5. The van der Waals surface area contributed by atoms with Gasteiger partial charge in [-0.05, 0) is 54.7 Å². The number of pyridine rings is 1. The second kappa shape index (κ2) is 8.92. The highest BCUT2D eigenvalue weighted by Crippen LogP contribution is 2.43. The van der Waals surface area contributed by atoms with Gasteiger partial charge in [0.1, 0.15) is 22.4 Å². The Balaban J connectivity index is 1.43. The lowest BCUT2D eigenvalue weighted by Gasteiger charge is -2.38. The molecule has 190 valence electrons. The number of nitrogens with two attached hydrogens (primary N) is 1. The summed E-state index contributed by atoms with van der Waals surface area (Å²) in [4.78, 5) is 33.8. The van der Waals surface area contributed by atoms with Crippen molar-refractivity contribution >= 4 is 29.2 Å². The van der Waals surface area contributed by atoms with E-state index in [1.54, 1.807) is 21.9 Å². The number of rotatable bonds is 4. The molecule has 4 heterocycles. The van der Waals surface area contributed by atoms with E-state index in [4.69, 9.17) is 22.4 Å². The SMILES string of the molecule is C=CC(=O)N1CCc2nn(-c3ccc(C4CC4)cc3O)c3c2[C@@H](C1)N(C(=O)c1ccc(Cl)nc1N)CC3. The van der Waals surface area contributed by atoms with Gasteiger partial charge in [0.25, 0.3) is 5.91 Å². The van der Waals surface area contributed by atoms with E-state index in [9.17, 15) is 14.7 Å². The Morgan fingerprint density at radius 1 is 1.16 bits per heavy atom. The summed E-state index contributed by atoms with van der Waals surface area (Å²) >= 11 is 5.95. The van der Waals surface area contributed by atoms with Gasteiger partial charge in [0, 0.05) is 38.0 Å². The van der Waals surface area contributed by atoms with Crippen LogP contribution in [0.2, 0.25) is 5.15 Å². The molecule has 2 amide bonds. The molecule has 37 heavy (non-hydrogen) atoms. The lowest BCUT2D eigenvalue weighted by molar-refractivity contribution is -0.126. The first-order valence-corrected chi connectivity index (χ1v) is 12.8. The van der Waals surface area contributed by atoms with Crippen LogP contribution in [0.5, 0.6) is 5.75 Å². The first kappa shape index (κ1) is 23.5. The number of nitrogens with zero attached hydrogens (tertiary/aromatic N) is 5. The van der Waals surface area contributed by atoms with Crippen molar-refractivity contribution in [3.05, 3.63) is 76.2 Å². The number of amides is 2. The molecule has 6 rings (SSSR count). The molecule has 1 fully saturated rings. The summed E-state index contributed by atoms with van der Waals surface area (Å²) in [5, 5.41) is 16.0. The van der Waals surface area contributed by atoms with Crippen molar-refractivity contribution in [3.8, 4) is 11.4 Å². The summed E-state index contributed by atoms with van der Waals surface area (Å²) in [6.45, 7) is 4.78. The monoisotopic (exact) mass is 518 g/mol. The fourth-order valence-electron chi connectivity index (χ4n) is 5.54. The molecule has 3 aromatic rings. The van der Waals surface area contributed by atoms with E-state index in [2.05, 4.69) is 17.6 Å². The van der Waals surface area contributed by atoms with Crippen LogP contribution in [0.15, 0.2) is 43.0 Å². The van der Waals surface area contributed by atoms with E-state index in [1.165, 1.54) is 6.08 Å². The number of hydrogen-bond donors (Lipinski definition) is 2. The average molecular weight is 519 g/mol. The predicted molar refractivity (Wildman–Crippen MR) is 139 cm³/mol. The number of aromatic hydroxyl groups is 1. The van der Waals surface area contributed by atoms with Crippen molar-refractivity contribution in [3.63, 3.8) is 0 Å². The zero-order valence-corrected chi connectivity index (χ0v) is 21.0. The van der Waals surface area contributed by atoms with Crippen molar-refractivity contribution < 1.29 is 14.7 Å². The van der Waals surface area contributed by atoms with Crippen LogP contribution in [-0.4, -0.2) is 61.1 Å². The van der Waals surface area contributed by atoms with Gasteiger partial charge in [-0.15, -0.1) is 0 Å². The lowest BCUT2D eigenvalue weighted by atomic mass is 9.94. The largest absolute Gasteiger partial charge is 0.506 e. The fraction of sp³-hybridized carbons (Fsp3) is 0.333. The Labute approximate surface area is 219 Å². The second-order valence-electron chi connectivity index (χ2n) is 9.81. The molecule has 0 bridgehead atoms. The molecule has 1 saturated carbocycles. The quantitative estimate of drug-likeness (QED) is 0.404. The van der Waals surface area contributed by atoms with E-state index in [-0.39, 0.29) is 34.1 Å². The van der Waals surface area contributed by atoms with Gasteiger partial charge in [-0.2, -0.15) is 5.10 Å². The molecule has 3 aliphatic rings. The summed E-state index contributed by atoms with van der Waals surface area (Å²) in [6, 6.07) is 8.50. The predicted octanol–water partition coefficient (Wildman–Crippen LogP) is 3.40. The summed E-state index contributed by atoms with van der Waals surface area (Å²) in [6.07, 6.45) is 4.65. The molecule has 2 aromatic heterocycles. The summed E-state index contributed by atoms with van der Waals surface area (Å²) < 4.78 is 1.81. The lowest BCUT2D eigenvalue weighted by Crippen LogP contribution is -2.46. The fourth-order valence-corrected chi connectivity index (χ4v) is 5.70. The van der Waals surface area contributed by atoms with E-state index in [0.29, 0.717) is 44.1 Å². The normalized spacial score (nSPS) is 18.8. The first-order chi connectivity index (χ1) is 17.9. The van der Waals surface area contributed by atoms with Gasteiger partial charge < -0.3 is 20.6 Å². The third-order valence-corrected chi connectivity index (χ3v) is 7.76.